The molecule has 0 aliphatic heterocycles. The van der Waals surface area contributed by atoms with Gasteiger partial charge in [-0.25, -0.2) is 14.1 Å². The lowest BCUT2D eigenvalue weighted by atomic mass is 10.0. The van der Waals surface area contributed by atoms with Crippen LogP contribution in [-0.2, 0) is 6.54 Å². The predicted molar refractivity (Wildman–Crippen MR) is 99.6 cm³/mol. The van der Waals surface area contributed by atoms with E-state index in [1.165, 1.54) is 12.1 Å². The third-order valence-electron chi connectivity index (χ3n) is 4.28. The Morgan fingerprint density at radius 3 is 2.50 bits per heavy atom. The van der Waals surface area contributed by atoms with Gasteiger partial charge in [0.15, 0.2) is 5.65 Å². The average molecular weight is 354 g/mol. The van der Waals surface area contributed by atoms with Crippen LogP contribution < -0.4 is 5.32 Å². The molecule has 26 heavy (non-hydrogen) atoms. The van der Waals surface area contributed by atoms with Crippen LogP contribution >= 0.6 is 0 Å². The van der Waals surface area contributed by atoms with Crippen LogP contribution in [0.4, 0.5) is 4.39 Å². The SMILES string of the molecule is CC(C)c1cc(C(=O)NCc2ccc(F)cc2)c2cnn(C(C)C)c2n1. The summed E-state index contributed by atoms with van der Waals surface area (Å²) in [5, 5.41) is 8.04. The highest BCUT2D eigenvalue weighted by Crippen LogP contribution is 2.24. The molecular formula is C20H23FN4O. The molecule has 0 spiro atoms. The number of benzene rings is 1. The van der Waals surface area contributed by atoms with Crippen molar-refractivity contribution in [3.8, 4) is 0 Å². The average Bonchev–Trinajstić information content (AvgIpc) is 3.04. The van der Waals surface area contributed by atoms with Crippen molar-refractivity contribution >= 4 is 16.9 Å². The summed E-state index contributed by atoms with van der Waals surface area (Å²) in [6.45, 7) is 8.49. The second-order valence-corrected chi connectivity index (χ2v) is 6.98. The van der Waals surface area contributed by atoms with Gasteiger partial charge in [0.2, 0.25) is 0 Å². The molecule has 0 atom stereocenters. The van der Waals surface area contributed by atoms with Crippen molar-refractivity contribution < 1.29 is 9.18 Å². The number of carbonyl (C=O) groups excluding carboxylic acids is 1. The highest BCUT2D eigenvalue weighted by molar-refractivity contribution is 6.05. The molecule has 0 aliphatic rings. The minimum atomic E-state index is -0.293. The standard InChI is InChI=1S/C20H23FN4O/c1-12(2)18-9-16(17-11-23-25(13(3)4)19(17)24-18)20(26)22-10-14-5-7-15(21)8-6-14/h5-9,11-13H,10H2,1-4H3,(H,22,26). The first-order valence-electron chi connectivity index (χ1n) is 8.77. The fourth-order valence-electron chi connectivity index (χ4n) is 2.78. The van der Waals surface area contributed by atoms with E-state index in [0.717, 1.165) is 22.3 Å². The fourth-order valence-corrected chi connectivity index (χ4v) is 2.78. The number of halogens is 1. The fraction of sp³-hybridized carbons (Fsp3) is 0.350. The predicted octanol–water partition coefficient (Wildman–Crippen LogP) is 4.20. The highest BCUT2D eigenvalue weighted by atomic mass is 19.1. The van der Waals surface area contributed by atoms with Crippen molar-refractivity contribution in [3.05, 3.63) is 59.2 Å². The number of nitrogens with zero attached hydrogens (tertiary/aromatic N) is 3. The minimum Gasteiger partial charge on any atom is -0.348 e. The molecule has 6 heteroatoms. The molecular weight excluding hydrogens is 331 g/mol. The van der Waals surface area contributed by atoms with Gasteiger partial charge in [0.1, 0.15) is 5.82 Å². The van der Waals surface area contributed by atoms with E-state index in [4.69, 9.17) is 4.98 Å². The molecule has 0 radical (unpaired) electrons. The molecule has 0 saturated carbocycles. The van der Waals surface area contributed by atoms with Crippen LogP contribution in [0.25, 0.3) is 11.0 Å². The first-order valence-corrected chi connectivity index (χ1v) is 8.77. The monoisotopic (exact) mass is 354 g/mol. The number of fused-ring (bicyclic) bond motifs is 1. The van der Waals surface area contributed by atoms with Gasteiger partial charge in [-0.15, -0.1) is 0 Å². The van der Waals surface area contributed by atoms with Gasteiger partial charge in [0, 0.05) is 18.3 Å². The van der Waals surface area contributed by atoms with E-state index >= 15 is 0 Å². The van der Waals surface area contributed by atoms with Gasteiger partial charge >= 0.3 is 0 Å². The van der Waals surface area contributed by atoms with Gasteiger partial charge in [0.25, 0.3) is 5.91 Å². The summed E-state index contributed by atoms with van der Waals surface area (Å²) in [6.07, 6.45) is 1.69. The summed E-state index contributed by atoms with van der Waals surface area (Å²) in [7, 11) is 0. The van der Waals surface area contributed by atoms with Crippen molar-refractivity contribution in [1.82, 2.24) is 20.1 Å². The molecule has 0 unspecified atom stereocenters. The maximum Gasteiger partial charge on any atom is 0.252 e. The Morgan fingerprint density at radius 2 is 1.88 bits per heavy atom. The van der Waals surface area contributed by atoms with E-state index in [0.29, 0.717) is 12.1 Å². The molecule has 0 aliphatic carbocycles. The Hall–Kier alpha value is -2.76. The number of rotatable bonds is 5. The zero-order valence-corrected chi connectivity index (χ0v) is 15.5. The van der Waals surface area contributed by atoms with E-state index < -0.39 is 0 Å². The number of hydrogen-bond acceptors (Lipinski definition) is 3. The molecule has 0 bridgehead atoms. The van der Waals surface area contributed by atoms with Crippen LogP contribution in [0, 0.1) is 5.82 Å². The summed E-state index contributed by atoms with van der Waals surface area (Å²) < 4.78 is 14.8. The maximum atomic E-state index is 13.0. The van der Waals surface area contributed by atoms with Crippen molar-refractivity contribution in [2.75, 3.05) is 0 Å². The Bertz CT molecular complexity index is 929. The summed E-state index contributed by atoms with van der Waals surface area (Å²) in [5.74, 6) is -0.288. The topological polar surface area (TPSA) is 59.8 Å². The second kappa shape index (κ2) is 7.23. The Morgan fingerprint density at radius 1 is 1.19 bits per heavy atom. The molecule has 1 N–H and O–H groups in total. The normalized spacial score (nSPS) is 11.5. The smallest absolute Gasteiger partial charge is 0.252 e. The second-order valence-electron chi connectivity index (χ2n) is 6.98. The van der Waals surface area contributed by atoms with Crippen LogP contribution in [0.5, 0.6) is 0 Å². The first kappa shape index (κ1) is 18.0. The molecule has 0 fully saturated rings. The van der Waals surface area contributed by atoms with Crippen LogP contribution in [0.3, 0.4) is 0 Å². The lowest BCUT2D eigenvalue weighted by molar-refractivity contribution is 0.0952. The molecule has 1 aromatic carbocycles. The van der Waals surface area contributed by atoms with Crippen molar-refractivity contribution in [2.45, 2.75) is 46.2 Å². The molecule has 3 rings (SSSR count). The molecule has 3 aromatic rings. The largest absolute Gasteiger partial charge is 0.348 e. The number of pyridine rings is 1. The van der Waals surface area contributed by atoms with E-state index in [1.54, 1.807) is 18.3 Å². The lowest BCUT2D eigenvalue weighted by Gasteiger charge is -2.12. The number of hydrogen-bond donors (Lipinski definition) is 1. The van der Waals surface area contributed by atoms with Gasteiger partial charge in [-0.05, 0) is 43.5 Å². The Labute approximate surface area is 152 Å². The van der Waals surface area contributed by atoms with Crippen molar-refractivity contribution in [3.63, 3.8) is 0 Å². The summed E-state index contributed by atoms with van der Waals surface area (Å²) in [6, 6.07) is 8.07. The van der Waals surface area contributed by atoms with Crippen molar-refractivity contribution in [1.29, 1.82) is 0 Å². The molecule has 0 saturated heterocycles. The summed E-state index contributed by atoms with van der Waals surface area (Å²) in [4.78, 5) is 17.5. The molecule has 2 heterocycles. The molecule has 5 nitrogen and oxygen atoms in total. The van der Waals surface area contributed by atoms with Gasteiger partial charge in [-0.3, -0.25) is 4.79 Å². The number of amides is 1. The molecule has 1 amide bonds. The van der Waals surface area contributed by atoms with Gasteiger partial charge in [0.05, 0.1) is 17.1 Å². The number of nitrogens with one attached hydrogen (secondary N) is 1. The van der Waals surface area contributed by atoms with Gasteiger partial charge in [-0.2, -0.15) is 5.10 Å². The highest BCUT2D eigenvalue weighted by Gasteiger charge is 2.18. The lowest BCUT2D eigenvalue weighted by Crippen LogP contribution is -2.23. The zero-order valence-electron chi connectivity index (χ0n) is 15.5. The van der Waals surface area contributed by atoms with Crippen molar-refractivity contribution in [2.24, 2.45) is 0 Å². The quantitative estimate of drug-likeness (QED) is 0.747. The number of carbonyl (C=O) groups is 1. The summed E-state index contributed by atoms with van der Waals surface area (Å²) in [5.41, 5.74) is 2.98. The first-order chi connectivity index (χ1) is 12.4. The van der Waals surface area contributed by atoms with Crippen LogP contribution in [-0.4, -0.2) is 20.7 Å². The third kappa shape index (κ3) is 3.59. The van der Waals surface area contributed by atoms with Gasteiger partial charge < -0.3 is 5.32 Å². The van der Waals surface area contributed by atoms with E-state index in [2.05, 4.69) is 10.4 Å². The van der Waals surface area contributed by atoms with E-state index in [1.807, 2.05) is 38.4 Å². The number of aromatic nitrogens is 3. The van der Waals surface area contributed by atoms with E-state index in [-0.39, 0.29) is 23.7 Å². The Kier molecular flexibility index (Phi) is 5.02. The molecule has 136 valence electrons. The maximum absolute atomic E-state index is 13.0. The minimum absolute atomic E-state index is 0.150. The third-order valence-corrected chi connectivity index (χ3v) is 4.28. The van der Waals surface area contributed by atoms with Crippen LogP contribution in [0.1, 0.15) is 61.3 Å². The van der Waals surface area contributed by atoms with E-state index in [9.17, 15) is 9.18 Å². The molecule has 2 aromatic heterocycles. The zero-order chi connectivity index (χ0) is 18.8. The van der Waals surface area contributed by atoms with Gasteiger partial charge in [-0.1, -0.05) is 26.0 Å². The van der Waals surface area contributed by atoms with Crippen LogP contribution in [0.15, 0.2) is 36.5 Å². The summed E-state index contributed by atoms with van der Waals surface area (Å²) >= 11 is 0. The van der Waals surface area contributed by atoms with Crippen LogP contribution in [0.2, 0.25) is 0 Å². The Balaban J connectivity index is 1.94.